The summed E-state index contributed by atoms with van der Waals surface area (Å²) in [5, 5.41) is 5.31. The monoisotopic (exact) mass is 375 g/mol. The molecule has 146 valence electrons. The van der Waals surface area contributed by atoms with Crippen LogP contribution in [-0.2, 0) is 25.7 Å². The topological polar surface area (TPSA) is 105 Å². The summed E-state index contributed by atoms with van der Waals surface area (Å²) < 4.78 is 5.07. The predicted octanol–water partition coefficient (Wildman–Crippen LogP) is 1.35. The van der Waals surface area contributed by atoms with Crippen LogP contribution in [0.5, 0.6) is 0 Å². The lowest BCUT2D eigenvalue weighted by Gasteiger charge is -2.23. The van der Waals surface area contributed by atoms with Crippen LogP contribution in [-0.4, -0.2) is 46.9 Å². The van der Waals surface area contributed by atoms with Gasteiger partial charge in [0.1, 0.15) is 12.1 Å². The van der Waals surface area contributed by atoms with E-state index < -0.39 is 42.0 Å². The minimum atomic E-state index is -1.04. The van der Waals surface area contributed by atoms with E-state index in [4.69, 9.17) is 4.74 Å². The third-order valence-corrected chi connectivity index (χ3v) is 4.73. The highest BCUT2D eigenvalue weighted by Crippen LogP contribution is 2.24. The number of urea groups is 1. The lowest BCUT2D eigenvalue weighted by molar-refractivity contribution is -0.156. The first-order valence-electron chi connectivity index (χ1n) is 8.98. The summed E-state index contributed by atoms with van der Waals surface area (Å²) in [6, 6.07) is 8.69. The van der Waals surface area contributed by atoms with Gasteiger partial charge in [0.2, 0.25) is 0 Å². The third kappa shape index (κ3) is 4.64. The van der Waals surface area contributed by atoms with Crippen molar-refractivity contribution in [1.82, 2.24) is 15.5 Å². The molecule has 8 heteroatoms. The zero-order valence-corrected chi connectivity index (χ0v) is 15.8. The second-order valence-corrected chi connectivity index (χ2v) is 6.45. The summed E-state index contributed by atoms with van der Waals surface area (Å²) >= 11 is 0. The quantitative estimate of drug-likeness (QED) is 0.527. The van der Waals surface area contributed by atoms with Crippen LogP contribution in [0.3, 0.4) is 0 Å². The van der Waals surface area contributed by atoms with Crippen molar-refractivity contribution in [3.63, 3.8) is 0 Å². The number of carbonyl (C=O) groups is 4. The van der Waals surface area contributed by atoms with E-state index in [9.17, 15) is 19.2 Å². The van der Waals surface area contributed by atoms with Crippen molar-refractivity contribution in [1.29, 1.82) is 0 Å². The Labute approximate surface area is 158 Å². The first kappa shape index (κ1) is 20.4. The molecule has 1 aliphatic heterocycles. The molecule has 0 saturated carbocycles. The van der Waals surface area contributed by atoms with Crippen molar-refractivity contribution in [2.45, 2.75) is 51.8 Å². The highest BCUT2D eigenvalue weighted by atomic mass is 16.5. The van der Waals surface area contributed by atoms with E-state index in [2.05, 4.69) is 10.6 Å². The Morgan fingerprint density at radius 2 is 1.81 bits per heavy atom. The van der Waals surface area contributed by atoms with Crippen LogP contribution in [0.15, 0.2) is 30.3 Å². The summed E-state index contributed by atoms with van der Waals surface area (Å²) in [5.41, 5.74) is -0.0602. The number of nitrogens with zero attached hydrogens (tertiary/aromatic N) is 1. The number of amides is 4. The summed E-state index contributed by atoms with van der Waals surface area (Å²) in [5.74, 6) is -1.72. The van der Waals surface area contributed by atoms with Crippen LogP contribution in [0.4, 0.5) is 4.79 Å². The standard InChI is InChI=1S/C19H25N3O5/c1-4-19(5-2)17(25)22(18(26)21-19)12-15(23)27-13(3)16(24)20-11-14-9-7-6-8-10-14/h6-10,13H,4-5,11-12H2,1-3H3,(H,20,24)(H,21,26)/t13-/m1/s1. The maximum Gasteiger partial charge on any atom is 0.327 e. The number of esters is 1. The Kier molecular flexibility index (Phi) is 6.55. The molecule has 1 aromatic carbocycles. The van der Waals surface area contributed by atoms with Crippen LogP contribution in [0, 0.1) is 0 Å². The molecule has 1 saturated heterocycles. The lowest BCUT2D eigenvalue weighted by Crippen LogP contribution is -2.46. The van der Waals surface area contributed by atoms with Crippen LogP contribution < -0.4 is 10.6 Å². The predicted molar refractivity (Wildman–Crippen MR) is 97.4 cm³/mol. The van der Waals surface area contributed by atoms with Gasteiger partial charge in [-0.2, -0.15) is 0 Å². The van der Waals surface area contributed by atoms with Gasteiger partial charge in [0, 0.05) is 6.54 Å². The number of benzene rings is 1. The Bertz CT molecular complexity index is 715. The minimum absolute atomic E-state index is 0.310. The van der Waals surface area contributed by atoms with Crippen LogP contribution in [0.1, 0.15) is 39.2 Å². The van der Waals surface area contributed by atoms with Crippen LogP contribution >= 0.6 is 0 Å². The zero-order chi connectivity index (χ0) is 20.0. The van der Waals surface area contributed by atoms with Gasteiger partial charge in [-0.25, -0.2) is 4.79 Å². The largest absolute Gasteiger partial charge is 0.451 e. The molecule has 0 unspecified atom stereocenters. The molecule has 1 fully saturated rings. The highest BCUT2D eigenvalue weighted by Gasteiger charge is 2.49. The molecule has 0 aliphatic carbocycles. The molecule has 8 nitrogen and oxygen atoms in total. The van der Waals surface area contributed by atoms with Crippen molar-refractivity contribution < 1.29 is 23.9 Å². The van der Waals surface area contributed by atoms with Crippen molar-refractivity contribution in [2.75, 3.05) is 6.54 Å². The zero-order valence-electron chi connectivity index (χ0n) is 15.8. The Hall–Kier alpha value is -2.90. The number of imide groups is 1. The van der Waals surface area contributed by atoms with E-state index in [0.29, 0.717) is 19.4 Å². The first-order valence-corrected chi connectivity index (χ1v) is 8.98. The highest BCUT2D eigenvalue weighted by molar-refractivity contribution is 6.08. The molecule has 27 heavy (non-hydrogen) atoms. The molecular formula is C19H25N3O5. The van der Waals surface area contributed by atoms with Crippen molar-refractivity contribution in [3.8, 4) is 0 Å². The van der Waals surface area contributed by atoms with E-state index in [0.717, 1.165) is 10.5 Å². The number of hydrogen-bond acceptors (Lipinski definition) is 5. The first-order chi connectivity index (χ1) is 12.8. The molecule has 2 N–H and O–H groups in total. The van der Waals surface area contributed by atoms with E-state index in [1.54, 1.807) is 13.8 Å². The van der Waals surface area contributed by atoms with Crippen LogP contribution in [0.25, 0.3) is 0 Å². The Balaban J connectivity index is 1.86. The Morgan fingerprint density at radius 3 is 2.37 bits per heavy atom. The summed E-state index contributed by atoms with van der Waals surface area (Å²) in [4.78, 5) is 49.5. The fraction of sp³-hybridized carbons (Fsp3) is 0.474. The Morgan fingerprint density at radius 1 is 1.19 bits per heavy atom. The maximum atomic E-state index is 12.5. The average molecular weight is 375 g/mol. The third-order valence-electron chi connectivity index (χ3n) is 4.73. The minimum Gasteiger partial charge on any atom is -0.451 e. The van der Waals surface area contributed by atoms with E-state index in [-0.39, 0.29) is 0 Å². The van der Waals surface area contributed by atoms with Crippen molar-refractivity contribution in [3.05, 3.63) is 35.9 Å². The molecule has 0 radical (unpaired) electrons. The number of ether oxygens (including phenoxy) is 1. The van der Waals surface area contributed by atoms with Crippen molar-refractivity contribution in [2.24, 2.45) is 0 Å². The number of carbonyl (C=O) groups excluding carboxylic acids is 4. The van der Waals surface area contributed by atoms with Crippen LogP contribution in [0.2, 0.25) is 0 Å². The summed E-state index contributed by atoms with van der Waals surface area (Å²) in [7, 11) is 0. The molecule has 2 rings (SSSR count). The number of hydrogen-bond donors (Lipinski definition) is 2. The smallest absolute Gasteiger partial charge is 0.327 e. The molecule has 0 spiro atoms. The van der Waals surface area contributed by atoms with Gasteiger partial charge in [0.15, 0.2) is 6.10 Å². The fourth-order valence-corrected chi connectivity index (χ4v) is 2.89. The van der Waals surface area contributed by atoms with Gasteiger partial charge >= 0.3 is 12.0 Å². The van der Waals surface area contributed by atoms with Gasteiger partial charge in [0.05, 0.1) is 0 Å². The van der Waals surface area contributed by atoms with E-state index >= 15 is 0 Å². The summed E-state index contributed by atoms with van der Waals surface area (Å²) in [6.45, 7) is 4.81. The molecular weight excluding hydrogens is 350 g/mol. The SMILES string of the molecule is CCC1(CC)NC(=O)N(CC(=O)O[C@H](C)C(=O)NCc2ccccc2)C1=O. The fourth-order valence-electron chi connectivity index (χ4n) is 2.89. The molecule has 4 amide bonds. The van der Waals surface area contributed by atoms with Crippen molar-refractivity contribution >= 4 is 23.8 Å². The summed E-state index contributed by atoms with van der Waals surface area (Å²) in [6.07, 6.45) is -0.181. The molecule has 0 aromatic heterocycles. The molecule has 1 aromatic rings. The molecule has 1 atom stereocenters. The van der Waals surface area contributed by atoms with Gasteiger partial charge in [-0.1, -0.05) is 44.2 Å². The van der Waals surface area contributed by atoms with E-state index in [1.165, 1.54) is 6.92 Å². The number of nitrogens with one attached hydrogen (secondary N) is 2. The van der Waals surface area contributed by atoms with Gasteiger partial charge in [-0.05, 0) is 25.3 Å². The normalized spacial score (nSPS) is 16.6. The second-order valence-electron chi connectivity index (χ2n) is 6.45. The van der Waals surface area contributed by atoms with E-state index in [1.807, 2.05) is 30.3 Å². The molecule has 1 heterocycles. The number of rotatable bonds is 8. The molecule has 1 aliphatic rings. The maximum absolute atomic E-state index is 12.5. The lowest BCUT2D eigenvalue weighted by atomic mass is 9.93. The van der Waals surface area contributed by atoms with Gasteiger partial charge in [-0.3, -0.25) is 19.3 Å². The van der Waals surface area contributed by atoms with Gasteiger partial charge in [-0.15, -0.1) is 0 Å². The van der Waals surface area contributed by atoms with Gasteiger partial charge in [0.25, 0.3) is 11.8 Å². The van der Waals surface area contributed by atoms with Gasteiger partial charge < -0.3 is 15.4 Å². The average Bonchev–Trinajstić information content (AvgIpc) is 2.91. The second kappa shape index (κ2) is 8.66. The molecule has 0 bridgehead atoms.